The van der Waals surface area contributed by atoms with Crippen LogP contribution in [0, 0.1) is 0 Å². The van der Waals surface area contributed by atoms with Crippen molar-refractivity contribution in [1.82, 2.24) is 24.6 Å². The van der Waals surface area contributed by atoms with Gasteiger partial charge in [-0.2, -0.15) is 9.61 Å². The molecule has 160 valence electrons. The van der Waals surface area contributed by atoms with Crippen molar-refractivity contribution in [1.29, 1.82) is 0 Å². The number of nitrogens with one attached hydrogen (secondary N) is 1. The Morgan fingerprint density at radius 1 is 0.938 bits per heavy atom. The minimum atomic E-state index is 0.372. The summed E-state index contributed by atoms with van der Waals surface area (Å²) in [5.41, 5.74) is 7.13. The van der Waals surface area contributed by atoms with Crippen molar-refractivity contribution in [3.8, 4) is 22.4 Å². The minimum absolute atomic E-state index is 0.372. The molecular formula is C26H25N5O. The first-order valence-electron chi connectivity index (χ1n) is 11.2. The van der Waals surface area contributed by atoms with Crippen molar-refractivity contribution < 1.29 is 4.74 Å². The number of nitrogens with zero attached hydrogens (tertiary/aromatic N) is 4. The highest BCUT2D eigenvalue weighted by Crippen LogP contribution is 2.37. The van der Waals surface area contributed by atoms with Gasteiger partial charge in [0.15, 0.2) is 5.65 Å². The molecule has 0 bridgehead atoms. The zero-order chi connectivity index (χ0) is 21.5. The Hall–Kier alpha value is -3.51. The van der Waals surface area contributed by atoms with Crippen LogP contribution in [0.25, 0.3) is 39.1 Å². The smallest absolute Gasteiger partial charge is 0.165 e. The van der Waals surface area contributed by atoms with Gasteiger partial charge in [-0.1, -0.05) is 36.4 Å². The number of H-pyrrole nitrogens is 1. The number of rotatable bonds is 4. The van der Waals surface area contributed by atoms with Gasteiger partial charge in [0.05, 0.1) is 23.7 Å². The van der Waals surface area contributed by atoms with E-state index in [0.717, 1.165) is 64.7 Å². The summed E-state index contributed by atoms with van der Waals surface area (Å²) < 4.78 is 7.49. The van der Waals surface area contributed by atoms with Gasteiger partial charge < -0.3 is 9.72 Å². The molecule has 1 aliphatic carbocycles. The van der Waals surface area contributed by atoms with Crippen LogP contribution in [-0.4, -0.2) is 37.8 Å². The summed E-state index contributed by atoms with van der Waals surface area (Å²) in [5, 5.41) is 5.82. The number of aromatic nitrogens is 5. The summed E-state index contributed by atoms with van der Waals surface area (Å²) in [6.45, 7) is 0. The van der Waals surface area contributed by atoms with E-state index in [1.165, 1.54) is 5.69 Å². The summed E-state index contributed by atoms with van der Waals surface area (Å²) in [7, 11) is 1.81. The molecule has 0 atom stereocenters. The Bertz CT molecular complexity index is 1360. The highest BCUT2D eigenvalue weighted by atomic mass is 16.5. The van der Waals surface area contributed by atoms with Gasteiger partial charge in [-0.25, -0.2) is 4.98 Å². The van der Waals surface area contributed by atoms with Crippen LogP contribution in [0.15, 0.2) is 67.1 Å². The molecule has 5 aromatic rings. The van der Waals surface area contributed by atoms with Gasteiger partial charge in [0, 0.05) is 47.5 Å². The van der Waals surface area contributed by atoms with E-state index in [1.54, 1.807) is 0 Å². The standard InChI is InChI=1S/C26H25N5O/c1-32-20-10-7-18(8-11-20)24-21-13-14-27-25(21)31-26(30-24)22(16-29-31)19-9-12-23(28-15-19)17-5-3-2-4-6-17/h2-6,9,12-16,18,20,27H,7-8,10-11H2,1H3. The lowest BCUT2D eigenvalue weighted by Gasteiger charge is -2.27. The van der Waals surface area contributed by atoms with E-state index in [4.69, 9.17) is 14.7 Å². The van der Waals surface area contributed by atoms with E-state index in [9.17, 15) is 0 Å². The zero-order valence-electron chi connectivity index (χ0n) is 18.0. The Morgan fingerprint density at radius 2 is 1.78 bits per heavy atom. The molecule has 1 aromatic carbocycles. The lowest BCUT2D eigenvalue weighted by atomic mass is 9.84. The maximum Gasteiger partial charge on any atom is 0.165 e. The van der Waals surface area contributed by atoms with Crippen LogP contribution in [0.3, 0.4) is 0 Å². The number of pyridine rings is 1. The molecular weight excluding hydrogens is 398 g/mol. The second-order valence-electron chi connectivity index (χ2n) is 8.54. The van der Waals surface area contributed by atoms with Crippen LogP contribution >= 0.6 is 0 Å². The van der Waals surface area contributed by atoms with E-state index in [-0.39, 0.29) is 0 Å². The molecule has 0 unspecified atom stereocenters. The molecule has 1 aliphatic rings. The summed E-state index contributed by atoms with van der Waals surface area (Å²) in [6, 6.07) is 16.5. The molecule has 0 aliphatic heterocycles. The lowest BCUT2D eigenvalue weighted by molar-refractivity contribution is 0.0656. The second-order valence-corrected chi connectivity index (χ2v) is 8.54. The summed E-state index contributed by atoms with van der Waals surface area (Å²) >= 11 is 0. The van der Waals surface area contributed by atoms with E-state index in [0.29, 0.717) is 12.0 Å². The maximum atomic E-state index is 5.58. The maximum absolute atomic E-state index is 5.58. The number of fused-ring (bicyclic) bond motifs is 3. The second kappa shape index (κ2) is 7.88. The Balaban J connectivity index is 1.42. The average molecular weight is 424 g/mol. The first-order chi connectivity index (χ1) is 15.8. The monoisotopic (exact) mass is 423 g/mol. The Kier molecular flexibility index (Phi) is 4.72. The van der Waals surface area contributed by atoms with Gasteiger partial charge in [0.25, 0.3) is 0 Å². The van der Waals surface area contributed by atoms with Crippen molar-refractivity contribution in [3.05, 3.63) is 72.8 Å². The molecule has 6 heteroatoms. The third-order valence-corrected chi connectivity index (χ3v) is 6.72. The number of aromatic amines is 1. The molecule has 0 amide bonds. The van der Waals surface area contributed by atoms with E-state index in [2.05, 4.69) is 40.4 Å². The lowest BCUT2D eigenvalue weighted by Crippen LogP contribution is -2.20. The van der Waals surface area contributed by atoms with Crippen LogP contribution in [0.1, 0.15) is 37.3 Å². The molecule has 0 spiro atoms. The molecule has 1 fully saturated rings. The van der Waals surface area contributed by atoms with Crippen LogP contribution < -0.4 is 0 Å². The highest BCUT2D eigenvalue weighted by Gasteiger charge is 2.26. The van der Waals surface area contributed by atoms with Crippen molar-refractivity contribution >= 4 is 16.7 Å². The van der Waals surface area contributed by atoms with Gasteiger partial charge in [0.1, 0.15) is 5.65 Å². The minimum Gasteiger partial charge on any atom is -0.381 e. The Morgan fingerprint density at radius 3 is 2.53 bits per heavy atom. The topological polar surface area (TPSA) is 68.1 Å². The third-order valence-electron chi connectivity index (χ3n) is 6.72. The fraction of sp³-hybridized carbons (Fsp3) is 0.269. The van der Waals surface area contributed by atoms with Crippen LogP contribution in [0.5, 0.6) is 0 Å². The number of hydrogen-bond acceptors (Lipinski definition) is 4. The molecule has 1 N–H and O–H groups in total. The molecule has 4 aromatic heterocycles. The van der Waals surface area contributed by atoms with E-state index < -0.39 is 0 Å². The van der Waals surface area contributed by atoms with Crippen LogP contribution in [0.4, 0.5) is 0 Å². The van der Waals surface area contributed by atoms with Gasteiger partial charge in [-0.3, -0.25) is 4.98 Å². The quantitative estimate of drug-likeness (QED) is 0.408. The largest absolute Gasteiger partial charge is 0.381 e. The van der Waals surface area contributed by atoms with E-state index in [1.807, 2.05) is 48.4 Å². The van der Waals surface area contributed by atoms with Gasteiger partial charge in [0.2, 0.25) is 0 Å². The molecule has 4 heterocycles. The van der Waals surface area contributed by atoms with Crippen molar-refractivity contribution in [2.75, 3.05) is 7.11 Å². The summed E-state index contributed by atoms with van der Waals surface area (Å²) in [5.74, 6) is 0.436. The highest BCUT2D eigenvalue weighted by molar-refractivity contribution is 5.86. The Labute approximate surface area is 186 Å². The van der Waals surface area contributed by atoms with Crippen molar-refractivity contribution in [3.63, 3.8) is 0 Å². The van der Waals surface area contributed by atoms with Gasteiger partial charge in [-0.05, 0) is 37.8 Å². The first kappa shape index (κ1) is 19.2. The molecule has 32 heavy (non-hydrogen) atoms. The van der Waals surface area contributed by atoms with E-state index >= 15 is 0 Å². The number of benzene rings is 1. The first-order valence-corrected chi connectivity index (χ1v) is 11.2. The summed E-state index contributed by atoms with van der Waals surface area (Å²) in [6.07, 6.45) is 10.5. The molecule has 1 saturated carbocycles. The zero-order valence-corrected chi connectivity index (χ0v) is 18.0. The van der Waals surface area contributed by atoms with Crippen LogP contribution in [-0.2, 0) is 4.74 Å². The molecule has 0 saturated heterocycles. The van der Waals surface area contributed by atoms with Crippen molar-refractivity contribution in [2.24, 2.45) is 0 Å². The fourth-order valence-corrected chi connectivity index (χ4v) is 4.95. The SMILES string of the molecule is COC1CCC(c2nc3c(-c4ccc(-c5ccccc5)nc4)cnn3c3[nH]ccc23)CC1. The van der Waals surface area contributed by atoms with Gasteiger partial charge in [-0.15, -0.1) is 0 Å². The molecule has 0 radical (unpaired) electrons. The third kappa shape index (κ3) is 3.19. The van der Waals surface area contributed by atoms with Crippen molar-refractivity contribution in [2.45, 2.75) is 37.7 Å². The van der Waals surface area contributed by atoms with Gasteiger partial charge >= 0.3 is 0 Å². The number of methoxy groups -OCH3 is 1. The summed E-state index contributed by atoms with van der Waals surface area (Å²) in [4.78, 5) is 13.3. The predicted octanol–water partition coefficient (Wildman–Crippen LogP) is 5.61. The number of ether oxygens (including phenoxy) is 1. The number of hydrogen-bond donors (Lipinski definition) is 1. The molecule has 6 nitrogen and oxygen atoms in total. The molecule has 6 rings (SSSR count). The normalized spacial score (nSPS) is 19.0. The fourth-order valence-electron chi connectivity index (χ4n) is 4.95. The van der Waals surface area contributed by atoms with Crippen LogP contribution in [0.2, 0.25) is 0 Å². The predicted molar refractivity (Wildman–Crippen MR) is 126 cm³/mol. The average Bonchev–Trinajstić information content (AvgIpc) is 3.51.